The van der Waals surface area contributed by atoms with Crippen LogP contribution in [0.3, 0.4) is 0 Å². The second-order valence-corrected chi connectivity index (χ2v) is 3.01. The zero-order chi connectivity index (χ0) is 8.10. The van der Waals surface area contributed by atoms with Gasteiger partial charge in [-0.3, -0.25) is 4.90 Å². The summed E-state index contributed by atoms with van der Waals surface area (Å²) < 4.78 is 5.20. The van der Waals surface area contributed by atoms with E-state index in [0.717, 1.165) is 19.7 Å². The lowest BCUT2D eigenvalue weighted by Gasteiger charge is -2.33. The minimum atomic E-state index is 0.155. The van der Waals surface area contributed by atoms with Gasteiger partial charge in [-0.25, -0.2) is 0 Å². The minimum Gasteiger partial charge on any atom is -0.395 e. The van der Waals surface area contributed by atoms with Crippen molar-refractivity contribution in [2.45, 2.75) is 6.04 Å². The molecule has 1 N–H and O–H groups in total. The largest absolute Gasteiger partial charge is 0.395 e. The number of alkyl halides is 1. The van der Waals surface area contributed by atoms with Crippen molar-refractivity contribution in [3.63, 3.8) is 0 Å². The van der Waals surface area contributed by atoms with Crippen LogP contribution >= 0.6 is 11.6 Å². The van der Waals surface area contributed by atoms with Crippen molar-refractivity contribution in [2.75, 3.05) is 38.8 Å². The van der Waals surface area contributed by atoms with Gasteiger partial charge in [-0.1, -0.05) is 0 Å². The molecule has 0 bridgehead atoms. The van der Waals surface area contributed by atoms with Gasteiger partial charge in [-0.2, -0.15) is 0 Å². The van der Waals surface area contributed by atoms with Gasteiger partial charge in [0.15, 0.2) is 0 Å². The number of ether oxygens (including phenoxy) is 1. The van der Waals surface area contributed by atoms with Crippen LogP contribution in [-0.2, 0) is 4.74 Å². The third-order valence-corrected chi connectivity index (χ3v) is 2.10. The topological polar surface area (TPSA) is 32.7 Å². The molecular weight excluding hydrogens is 166 g/mol. The lowest BCUT2D eigenvalue weighted by molar-refractivity contribution is -0.0244. The third kappa shape index (κ3) is 2.60. The molecule has 66 valence electrons. The Bertz CT molecular complexity index is 111. The van der Waals surface area contributed by atoms with Crippen molar-refractivity contribution in [1.29, 1.82) is 0 Å². The molecular formula is C7H14ClNO2. The highest BCUT2D eigenvalue weighted by Crippen LogP contribution is 2.05. The zero-order valence-corrected chi connectivity index (χ0v) is 7.26. The molecule has 11 heavy (non-hydrogen) atoms. The molecule has 0 radical (unpaired) electrons. The van der Waals surface area contributed by atoms with Crippen molar-refractivity contribution in [3.8, 4) is 0 Å². The van der Waals surface area contributed by atoms with Crippen molar-refractivity contribution in [3.05, 3.63) is 0 Å². The molecule has 0 aromatic heterocycles. The predicted octanol–water partition coefficient (Wildman–Crippen LogP) is -0.0817. The van der Waals surface area contributed by atoms with E-state index in [4.69, 9.17) is 21.4 Å². The molecule has 1 saturated heterocycles. The van der Waals surface area contributed by atoms with E-state index < -0.39 is 0 Å². The minimum absolute atomic E-state index is 0.155. The summed E-state index contributed by atoms with van der Waals surface area (Å²) in [6.07, 6.45) is 0. The molecule has 4 heteroatoms. The monoisotopic (exact) mass is 179 g/mol. The Morgan fingerprint density at radius 3 is 3.09 bits per heavy atom. The molecule has 0 saturated carbocycles. The van der Waals surface area contributed by atoms with Crippen LogP contribution in [0.15, 0.2) is 0 Å². The molecule has 3 nitrogen and oxygen atoms in total. The van der Waals surface area contributed by atoms with Crippen molar-refractivity contribution in [1.82, 2.24) is 4.90 Å². The van der Waals surface area contributed by atoms with E-state index >= 15 is 0 Å². The molecule has 1 aliphatic heterocycles. The second-order valence-electron chi connectivity index (χ2n) is 2.64. The quantitative estimate of drug-likeness (QED) is 0.616. The van der Waals surface area contributed by atoms with Gasteiger partial charge in [-0.05, 0) is 0 Å². The Hall–Kier alpha value is 0.170. The van der Waals surface area contributed by atoms with Gasteiger partial charge in [0.05, 0.1) is 25.9 Å². The Labute approximate surface area is 71.9 Å². The maximum absolute atomic E-state index is 8.92. The van der Waals surface area contributed by atoms with Crippen LogP contribution in [0.4, 0.5) is 0 Å². The summed E-state index contributed by atoms with van der Waals surface area (Å²) in [7, 11) is 0. The van der Waals surface area contributed by atoms with Gasteiger partial charge in [0.1, 0.15) is 0 Å². The molecule has 1 heterocycles. The van der Waals surface area contributed by atoms with Gasteiger partial charge in [0.2, 0.25) is 0 Å². The van der Waals surface area contributed by atoms with E-state index in [1.807, 2.05) is 0 Å². The molecule has 0 amide bonds. The first kappa shape index (κ1) is 9.26. The van der Waals surface area contributed by atoms with Gasteiger partial charge in [-0.15, -0.1) is 11.6 Å². The third-order valence-electron chi connectivity index (χ3n) is 1.93. The number of hydrogen-bond acceptors (Lipinski definition) is 3. The lowest BCUT2D eigenvalue weighted by atomic mass is 10.2. The molecule has 0 spiro atoms. The first-order chi connectivity index (χ1) is 5.38. The second kappa shape index (κ2) is 4.93. The summed E-state index contributed by atoms with van der Waals surface area (Å²) in [5.41, 5.74) is 0. The maximum atomic E-state index is 8.92. The Morgan fingerprint density at radius 2 is 2.45 bits per heavy atom. The number of hydrogen-bond donors (Lipinski definition) is 1. The van der Waals surface area contributed by atoms with E-state index in [1.54, 1.807) is 0 Å². The highest BCUT2D eigenvalue weighted by Gasteiger charge is 2.20. The Morgan fingerprint density at radius 1 is 1.64 bits per heavy atom. The number of aliphatic hydroxyl groups is 1. The fourth-order valence-corrected chi connectivity index (χ4v) is 1.48. The Kier molecular flexibility index (Phi) is 4.15. The van der Waals surface area contributed by atoms with Crippen LogP contribution in [0.25, 0.3) is 0 Å². The maximum Gasteiger partial charge on any atom is 0.0644 e. The molecule has 0 aromatic rings. The molecule has 1 fully saturated rings. The number of nitrogens with zero attached hydrogens (tertiary/aromatic N) is 1. The molecule has 1 aliphatic rings. The van der Waals surface area contributed by atoms with Gasteiger partial charge in [0.25, 0.3) is 0 Å². The van der Waals surface area contributed by atoms with Crippen molar-refractivity contribution >= 4 is 11.6 Å². The molecule has 1 rings (SSSR count). The summed E-state index contributed by atoms with van der Waals surface area (Å²) >= 11 is 5.59. The van der Waals surface area contributed by atoms with E-state index in [2.05, 4.69) is 4.90 Å². The average molecular weight is 180 g/mol. The van der Waals surface area contributed by atoms with E-state index in [9.17, 15) is 0 Å². The average Bonchev–Trinajstić information content (AvgIpc) is 2.06. The van der Waals surface area contributed by atoms with Crippen LogP contribution in [0, 0.1) is 0 Å². The van der Waals surface area contributed by atoms with E-state index in [-0.39, 0.29) is 12.6 Å². The standard InChI is InChI=1S/C7H14ClNO2/c8-1-2-9-3-4-11-6-7(9)5-10/h7,10H,1-6H2. The SMILES string of the molecule is OCC1COCCN1CCCl. The summed E-state index contributed by atoms with van der Waals surface area (Å²) in [5, 5.41) is 8.92. The first-order valence-corrected chi connectivity index (χ1v) is 4.40. The zero-order valence-electron chi connectivity index (χ0n) is 6.50. The summed E-state index contributed by atoms with van der Waals surface area (Å²) in [4.78, 5) is 2.16. The Balaban J connectivity index is 2.31. The molecule has 0 aliphatic carbocycles. The first-order valence-electron chi connectivity index (χ1n) is 3.87. The van der Waals surface area contributed by atoms with Crippen LogP contribution < -0.4 is 0 Å². The molecule has 1 unspecified atom stereocenters. The van der Waals surface area contributed by atoms with Crippen LogP contribution in [-0.4, -0.2) is 54.8 Å². The summed E-state index contributed by atoms with van der Waals surface area (Å²) in [6.45, 7) is 3.28. The summed E-state index contributed by atoms with van der Waals surface area (Å²) in [5.74, 6) is 0.622. The fraction of sp³-hybridized carbons (Fsp3) is 1.00. The van der Waals surface area contributed by atoms with Gasteiger partial charge in [0, 0.05) is 19.0 Å². The fourth-order valence-electron chi connectivity index (χ4n) is 1.26. The number of rotatable bonds is 3. The highest BCUT2D eigenvalue weighted by atomic mass is 35.5. The normalized spacial score (nSPS) is 27.3. The van der Waals surface area contributed by atoms with Crippen molar-refractivity contribution in [2.24, 2.45) is 0 Å². The number of halogens is 1. The number of aliphatic hydroxyl groups excluding tert-OH is 1. The lowest BCUT2D eigenvalue weighted by Crippen LogP contribution is -2.48. The smallest absolute Gasteiger partial charge is 0.0644 e. The van der Waals surface area contributed by atoms with E-state index in [1.165, 1.54) is 0 Å². The predicted molar refractivity (Wildman–Crippen MR) is 44.0 cm³/mol. The molecule has 0 aromatic carbocycles. The van der Waals surface area contributed by atoms with Crippen molar-refractivity contribution < 1.29 is 9.84 Å². The molecule has 1 atom stereocenters. The van der Waals surface area contributed by atoms with Crippen LogP contribution in [0.5, 0.6) is 0 Å². The summed E-state index contributed by atoms with van der Waals surface area (Å²) in [6, 6.07) is 0.155. The van der Waals surface area contributed by atoms with Crippen LogP contribution in [0.2, 0.25) is 0 Å². The van der Waals surface area contributed by atoms with Gasteiger partial charge >= 0.3 is 0 Å². The van der Waals surface area contributed by atoms with Gasteiger partial charge < -0.3 is 9.84 Å². The number of morpholine rings is 1. The van der Waals surface area contributed by atoms with Crippen LogP contribution in [0.1, 0.15) is 0 Å². The van der Waals surface area contributed by atoms with E-state index in [0.29, 0.717) is 12.5 Å². The highest BCUT2D eigenvalue weighted by molar-refractivity contribution is 6.18.